The molecule has 6 nitrogen and oxygen atoms in total. The number of aromatic nitrogens is 3. The first-order chi connectivity index (χ1) is 15.0. The summed E-state index contributed by atoms with van der Waals surface area (Å²) in [6.45, 7) is 5.82. The number of hydrogen-bond acceptors (Lipinski definition) is 5. The topological polar surface area (TPSA) is 69.0 Å². The number of carbonyl (C=O) groups excluding carboxylic acids is 1. The summed E-state index contributed by atoms with van der Waals surface area (Å²) in [7, 11) is 1.75. The van der Waals surface area contributed by atoms with Crippen LogP contribution in [0.5, 0.6) is 5.75 Å². The third-order valence-corrected chi connectivity index (χ3v) is 5.60. The van der Waals surface area contributed by atoms with E-state index >= 15 is 0 Å². The van der Waals surface area contributed by atoms with Gasteiger partial charge in [-0.1, -0.05) is 30.0 Å². The van der Waals surface area contributed by atoms with Crippen LogP contribution in [0.2, 0.25) is 0 Å². The number of alkyl halides is 3. The first-order valence-corrected chi connectivity index (χ1v) is 10.8. The van der Waals surface area contributed by atoms with E-state index in [0.29, 0.717) is 11.0 Å². The Balaban J connectivity index is 1.63. The molecule has 0 bridgehead atoms. The number of nitrogens with zero attached hydrogens (tertiary/aromatic N) is 3. The quantitative estimate of drug-likeness (QED) is 0.479. The molecule has 0 radical (unpaired) electrons. The van der Waals surface area contributed by atoms with Crippen molar-refractivity contribution in [2.45, 2.75) is 38.2 Å². The predicted octanol–water partition coefficient (Wildman–Crippen LogP) is 5.32. The lowest BCUT2D eigenvalue weighted by molar-refractivity contribution is -0.137. The number of aryl methyl sites for hydroxylation is 2. The summed E-state index contributed by atoms with van der Waals surface area (Å²) in [6, 6.07) is 10.8. The molecule has 1 N–H and O–H groups in total. The predicted molar refractivity (Wildman–Crippen MR) is 117 cm³/mol. The summed E-state index contributed by atoms with van der Waals surface area (Å²) in [5.74, 6) is 0.588. The van der Waals surface area contributed by atoms with E-state index in [9.17, 15) is 18.0 Å². The normalized spacial score (nSPS) is 12.5. The Bertz CT molecular complexity index is 1090. The number of hydrogen-bond donors (Lipinski definition) is 1. The van der Waals surface area contributed by atoms with Crippen molar-refractivity contribution in [3.8, 4) is 5.75 Å². The molecule has 0 saturated carbocycles. The fourth-order valence-electron chi connectivity index (χ4n) is 3.22. The maximum atomic E-state index is 13.1. The molecule has 0 fully saturated rings. The Morgan fingerprint density at radius 2 is 1.81 bits per heavy atom. The minimum absolute atomic E-state index is 0.121. The second-order valence-corrected chi connectivity index (χ2v) is 8.31. The van der Waals surface area contributed by atoms with E-state index in [0.717, 1.165) is 34.7 Å². The second kappa shape index (κ2) is 9.64. The Morgan fingerprint density at radius 3 is 2.47 bits per heavy atom. The monoisotopic (exact) mass is 464 g/mol. The SMILES string of the molecule is Cc1cc(C)cc(OC(C)c2nnc(SCC(=O)Nc3ccccc3C(F)(F)F)n2C)c1. The molecule has 1 aromatic heterocycles. The number of anilines is 1. The average molecular weight is 465 g/mol. The number of thioether (sulfide) groups is 1. The van der Waals surface area contributed by atoms with Gasteiger partial charge in [0, 0.05) is 7.05 Å². The lowest BCUT2D eigenvalue weighted by Crippen LogP contribution is -2.18. The Labute approximate surface area is 188 Å². The highest BCUT2D eigenvalue weighted by Crippen LogP contribution is 2.34. The fraction of sp³-hybridized carbons (Fsp3) is 0.318. The molecule has 0 saturated heterocycles. The van der Waals surface area contributed by atoms with Crippen LogP contribution in [0.25, 0.3) is 0 Å². The number of para-hydroxylation sites is 1. The van der Waals surface area contributed by atoms with Crippen molar-refractivity contribution >= 4 is 23.4 Å². The zero-order chi connectivity index (χ0) is 23.5. The zero-order valence-electron chi connectivity index (χ0n) is 18.0. The molecule has 1 unspecified atom stereocenters. The summed E-state index contributed by atoms with van der Waals surface area (Å²) >= 11 is 1.08. The van der Waals surface area contributed by atoms with Crippen molar-refractivity contribution in [2.75, 3.05) is 11.1 Å². The Hall–Kier alpha value is -3.01. The Kier molecular flexibility index (Phi) is 7.12. The van der Waals surface area contributed by atoms with Gasteiger partial charge < -0.3 is 14.6 Å². The molecule has 3 aromatic rings. The van der Waals surface area contributed by atoms with Gasteiger partial charge in [0.25, 0.3) is 0 Å². The van der Waals surface area contributed by atoms with Crippen molar-refractivity contribution < 1.29 is 22.7 Å². The van der Waals surface area contributed by atoms with Gasteiger partial charge in [-0.05, 0) is 56.2 Å². The number of carbonyl (C=O) groups is 1. The van der Waals surface area contributed by atoms with E-state index < -0.39 is 23.8 Å². The highest BCUT2D eigenvalue weighted by atomic mass is 32.2. The van der Waals surface area contributed by atoms with Gasteiger partial charge in [-0.25, -0.2) is 0 Å². The van der Waals surface area contributed by atoms with Gasteiger partial charge >= 0.3 is 6.18 Å². The van der Waals surface area contributed by atoms with Gasteiger partial charge in [0.2, 0.25) is 5.91 Å². The Morgan fingerprint density at radius 1 is 1.16 bits per heavy atom. The smallest absolute Gasteiger partial charge is 0.418 e. The van der Waals surface area contributed by atoms with E-state index in [1.54, 1.807) is 11.6 Å². The molecule has 32 heavy (non-hydrogen) atoms. The summed E-state index contributed by atoms with van der Waals surface area (Å²) in [5.41, 5.74) is 0.996. The fourth-order valence-corrected chi connectivity index (χ4v) is 3.94. The largest absolute Gasteiger partial charge is 0.483 e. The van der Waals surface area contributed by atoms with Crippen molar-refractivity contribution in [3.05, 3.63) is 65.0 Å². The lowest BCUT2D eigenvalue weighted by atomic mass is 10.1. The van der Waals surface area contributed by atoms with Crippen molar-refractivity contribution in [3.63, 3.8) is 0 Å². The molecule has 170 valence electrons. The van der Waals surface area contributed by atoms with Crippen LogP contribution in [0.1, 0.15) is 35.5 Å². The molecular weight excluding hydrogens is 441 g/mol. The van der Waals surface area contributed by atoms with E-state index in [4.69, 9.17) is 4.74 Å². The molecule has 2 aromatic carbocycles. The van der Waals surface area contributed by atoms with E-state index in [2.05, 4.69) is 15.5 Å². The number of nitrogens with one attached hydrogen (secondary N) is 1. The number of rotatable bonds is 7. The zero-order valence-corrected chi connectivity index (χ0v) is 18.8. The molecular formula is C22H23F3N4O2S. The molecule has 10 heteroatoms. The van der Waals surface area contributed by atoms with Gasteiger partial charge in [-0.15, -0.1) is 10.2 Å². The molecule has 3 rings (SSSR count). The molecule has 0 aliphatic heterocycles. The second-order valence-electron chi connectivity index (χ2n) is 7.36. The van der Waals surface area contributed by atoms with Crippen LogP contribution in [0, 0.1) is 13.8 Å². The van der Waals surface area contributed by atoms with Gasteiger partial charge in [-0.2, -0.15) is 13.2 Å². The molecule has 1 amide bonds. The molecule has 0 aliphatic carbocycles. The molecule has 0 aliphatic rings. The van der Waals surface area contributed by atoms with Crippen molar-refractivity contribution in [1.82, 2.24) is 14.8 Å². The minimum atomic E-state index is -4.55. The van der Waals surface area contributed by atoms with Crippen molar-refractivity contribution in [2.24, 2.45) is 7.05 Å². The van der Waals surface area contributed by atoms with Gasteiger partial charge in [0.15, 0.2) is 17.1 Å². The molecule has 0 spiro atoms. The van der Waals surface area contributed by atoms with Crippen LogP contribution in [0.4, 0.5) is 18.9 Å². The summed E-state index contributed by atoms with van der Waals surface area (Å²) in [5, 5.41) is 11.0. The van der Waals surface area contributed by atoms with Gasteiger partial charge in [0.1, 0.15) is 5.75 Å². The molecule has 1 heterocycles. The third-order valence-electron chi connectivity index (χ3n) is 4.58. The number of halogens is 3. The lowest BCUT2D eigenvalue weighted by Gasteiger charge is -2.15. The molecule has 1 atom stereocenters. The van der Waals surface area contributed by atoms with Crippen LogP contribution in [0.3, 0.4) is 0 Å². The van der Waals surface area contributed by atoms with Crippen LogP contribution in [-0.4, -0.2) is 26.4 Å². The standard InChI is InChI=1S/C22H23F3N4O2S/c1-13-9-14(2)11-16(10-13)31-15(3)20-27-28-21(29(20)4)32-12-19(30)26-18-8-6-5-7-17(18)22(23,24)25/h5-11,15H,12H2,1-4H3,(H,26,30). The maximum absolute atomic E-state index is 13.1. The van der Waals surface area contributed by atoms with Crippen LogP contribution >= 0.6 is 11.8 Å². The highest BCUT2D eigenvalue weighted by molar-refractivity contribution is 7.99. The van der Waals surface area contributed by atoms with E-state index in [1.165, 1.54) is 18.2 Å². The highest BCUT2D eigenvalue weighted by Gasteiger charge is 2.33. The maximum Gasteiger partial charge on any atom is 0.418 e. The number of amides is 1. The number of benzene rings is 2. The first-order valence-electron chi connectivity index (χ1n) is 9.77. The average Bonchev–Trinajstić information content (AvgIpc) is 3.05. The first kappa shape index (κ1) is 23.6. The van der Waals surface area contributed by atoms with Crippen LogP contribution in [-0.2, 0) is 18.0 Å². The summed E-state index contributed by atoms with van der Waals surface area (Å²) in [6.07, 6.45) is -4.95. The van der Waals surface area contributed by atoms with Crippen molar-refractivity contribution in [1.29, 1.82) is 0 Å². The number of ether oxygens (including phenoxy) is 1. The minimum Gasteiger partial charge on any atom is -0.483 e. The van der Waals surface area contributed by atoms with E-state index in [-0.39, 0.29) is 11.4 Å². The van der Waals surface area contributed by atoms with Crippen LogP contribution in [0.15, 0.2) is 47.6 Å². The summed E-state index contributed by atoms with van der Waals surface area (Å²) < 4.78 is 47.0. The van der Waals surface area contributed by atoms with Gasteiger partial charge in [0.05, 0.1) is 17.0 Å². The van der Waals surface area contributed by atoms with Gasteiger partial charge in [-0.3, -0.25) is 4.79 Å². The van der Waals surface area contributed by atoms with Crippen LogP contribution < -0.4 is 10.1 Å². The summed E-state index contributed by atoms with van der Waals surface area (Å²) in [4.78, 5) is 12.2. The third kappa shape index (κ3) is 5.82. The van der Waals surface area contributed by atoms with E-state index in [1.807, 2.05) is 39.0 Å².